The normalized spacial score (nSPS) is 27.8. The van der Waals surface area contributed by atoms with Crippen LogP contribution in [0, 0.1) is 6.92 Å². The van der Waals surface area contributed by atoms with Gasteiger partial charge >= 0.3 is 0 Å². The molecule has 1 aromatic carbocycles. The Balaban J connectivity index is 1.89. The molecule has 0 aromatic heterocycles. The molecule has 1 aromatic rings. The molecule has 3 heteroatoms. The fraction of sp³-hybridized carbons (Fsp3) is 0.600. The highest BCUT2D eigenvalue weighted by atomic mass is 16.5. The zero-order valence-corrected chi connectivity index (χ0v) is 11.3. The lowest BCUT2D eigenvalue weighted by Crippen LogP contribution is -2.66. The molecule has 2 aliphatic rings. The average Bonchev–Trinajstić information content (AvgIpc) is 2.28. The van der Waals surface area contributed by atoms with E-state index in [2.05, 4.69) is 48.5 Å². The monoisotopic (exact) mass is 246 g/mol. The van der Waals surface area contributed by atoms with Crippen molar-refractivity contribution in [3.8, 4) is 0 Å². The smallest absolute Gasteiger partial charge is 0.0601 e. The van der Waals surface area contributed by atoms with Crippen LogP contribution in [-0.4, -0.2) is 50.8 Å². The number of nitrogens with zero attached hydrogens (tertiary/aromatic N) is 1. The molecule has 2 saturated heterocycles. The van der Waals surface area contributed by atoms with Gasteiger partial charge in [0.05, 0.1) is 18.6 Å². The van der Waals surface area contributed by atoms with Gasteiger partial charge in [-0.3, -0.25) is 0 Å². The molecule has 98 valence electrons. The molecule has 0 spiro atoms. The Bertz CT molecular complexity index is 428. The van der Waals surface area contributed by atoms with Crippen LogP contribution >= 0.6 is 0 Å². The predicted molar refractivity (Wildman–Crippen MR) is 73.0 cm³/mol. The van der Waals surface area contributed by atoms with Crippen LogP contribution in [0.2, 0.25) is 0 Å². The summed E-state index contributed by atoms with van der Waals surface area (Å²) in [5.74, 6) is 0. The fourth-order valence-electron chi connectivity index (χ4n) is 3.11. The SMILES string of the molecule is Cc1cccc(C2(C3CN(C)CCN3)COC2)c1. The highest BCUT2D eigenvalue weighted by Crippen LogP contribution is 2.37. The minimum atomic E-state index is 0.181. The topological polar surface area (TPSA) is 24.5 Å². The standard InChI is InChI=1S/C15H22N2O/c1-12-4-3-5-13(8-12)15(10-18-11-15)14-9-17(2)7-6-16-14/h3-5,8,14,16H,6-7,9-11H2,1-2H3. The molecule has 3 nitrogen and oxygen atoms in total. The first kappa shape index (κ1) is 12.2. The number of piperazine rings is 1. The molecule has 0 radical (unpaired) electrons. The number of hydrogen-bond donors (Lipinski definition) is 1. The molecule has 2 fully saturated rings. The van der Waals surface area contributed by atoms with Crippen molar-refractivity contribution in [3.05, 3.63) is 35.4 Å². The summed E-state index contributed by atoms with van der Waals surface area (Å²) >= 11 is 0. The molecule has 0 aliphatic carbocycles. The van der Waals surface area contributed by atoms with Gasteiger partial charge in [-0.15, -0.1) is 0 Å². The third-order valence-electron chi connectivity index (χ3n) is 4.36. The summed E-state index contributed by atoms with van der Waals surface area (Å²) in [7, 11) is 2.21. The summed E-state index contributed by atoms with van der Waals surface area (Å²) in [6, 6.07) is 9.41. The first-order valence-electron chi connectivity index (χ1n) is 6.77. The molecule has 0 amide bonds. The molecule has 1 unspecified atom stereocenters. The zero-order chi connectivity index (χ0) is 12.6. The molecule has 2 heterocycles. The van der Waals surface area contributed by atoms with Crippen molar-refractivity contribution in [2.45, 2.75) is 18.4 Å². The van der Waals surface area contributed by atoms with Crippen LogP contribution in [0.3, 0.4) is 0 Å². The second-order valence-electron chi connectivity index (χ2n) is 5.79. The van der Waals surface area contributed by atoms with Crippen LogP contribution in [0.15, 0.2) is 24.3 Å². The Kier molecular flexibility index (Phi) is 3.14. The lowest BCUT2D eigenvalue weighted by molar-refractivity contribution is -0.0865. The predicted octanol–water partition coefficient (Wildman–Crippen LogP) is 1.17. The largest absolute Gasteiger partial charge is 0.379 e. The second kappa shape index (κ2) is 4.65. The van der Waals surface area contributed by atoms with E-state index in [4.69, 9.17) is 4.74 Å². The maximum absolute atomic E-state index is 5.56. The lowest BCUT2D eigenvalue weighted by Gasteiger charge is -2.50. The van der Waals surface area contributed by atoms with Gasteiger partial charge in [-0.25, -0.2) is 0 Å². The Morgan fingerprint density at radius 1 is 1.39 bits per heavy atom. The minimum Gasteiger partial charge on any atom is -0.379 e. The number of aryl methyl sites for hydroxylation is 1. The van der Waals surface area contributed by atoms with Crippen LogP contribution in [0.1, 0.15) is 11.1 Å². The lowest BCUT2D eigenvalue weighted by atomic mass is 9.71. The molecular weight excluding hydrogens is 224 g/mol. The number of ether oxygens (including phenoxy) is 1. The van der Waals surface area contributed by atoms with Crippen LogP contribution in [0.25, 0.3) is 0 Å². The van der Waals surface area contributed by atoms with Gasteiger partial charge in [-0.2, -0.15) is 0 Å². The van der Waals surface area contributed by atoms with Gasteiger partial charge in [0.15, 0.2) is 0 Å². The summed E-state index contributed by atoms with van der Waals surface area (Å²) in [6.45, 7) is 7.19. The minimum absolute atomic E-state index is 0.181. The summed E-state index contributed by atoms with van der Waals surface area (Å²) in [4.78, 5) is 2.41. The number of benzene rings is 1. The summed E-state index contributed by atoms with van der Waals surface area (Å²) in [5.41, 5.74) is 2.95. The Labute approximate surface area is 109 Å². The molecule has 2 aliphatic heterocycles. The third kappa shape index (κ3) is 1.96. The Morgan fingerprint density at radius 2 is 2.22 bits per heavy atom. The van der Waals surface area contributed by atoms with Crippen molar-refractivity contribution >= 4 is 0 Å². The van der Waals surface area contributed by atoms with Crippen LogP contribution in [-0.2, 0) is 10.2 Å². The third-order valence-corrected chi connectivity index (χ3v) is 4.36. The van der Waals surface area contributed by atoms with Gasteiger partial charge in [-0.05, 0) is 19.5 Å². The van der Waals surface area contributed by atoms with Gasteiger partial charge in [0.25, 0.3) is 0 Å². The zero-order valence-electron chi connectivity index (χ0n) is 11.3. The Hall–Kier alpha value is -0.900. The molecule has 1 atom stereocenters. The maximum atomic E-state index is 5.56. The van der Waals surface area contributed by atoms with Crippen molar-refractivity contribution in [2.75, 3.05) is 39.9 Å². The van der Waals surface area contributed by atoms with Crippen molar-refractivity contribution in [1.29, 1.82) is 0 Å². The number of rotatable bonds is 2. The van der Waals surface area contributed by atoms with Gasteiger partial charge in [0.1, 0.15) is 0 Å². The fourth-order valence-corrected chi connectivity index (χ4v) is 3.11. The van der Waals surface area contributed by atoms with Gasteiger partial charge < -0.3 is 15.0 Å². The average molecular weight is 246 g/mol. The van der Waals surface area contributed by atoms with Gasteiger partial charge in [0.2, 0.25) is 0 Å². The summed E-state index contributed by atoms with van der Waals surface area (Å²) in [5, 5.41) is 3.69. The summed E-state index contributed by atoms with van der Waals surface area (Å²) < 4.78 is 5.56. The number of hydrogen-bond acceptors (Lipinski definition) is 3. The Morgan fingerprint density at radius 3 is 2.83 bits per heavy atom. The van der Waals surface area contributed by atoms with E-state index in [9.17, 15) is 0 Å². The van der Waals surface area contributed by atoms with E-state index in [0.717, 1.165) is 32.8 Å². The van der Waals surface area contributed by atoms with Crippen molar-refractivity contribution in [3.63, 3.8) is 0 Å². The quantitative estimate of drug-likeness (QED) is 0.847. The van der Waals surface area contributed by atoms with Gasteiger partial charge in [-0.1, -0.05) is 29.8 Å². The van der Waals surface area contributed by atoms with E-state index >= 15 is 0 Å². The molecule has 0 bridgehead atoms. The molecule has 1 N–H and O–H groups in total. The summed E-state index contributed by atoms with van der Waals surface area (Å²) in [6.07, 6.45) is 0. The van der Waals surface area contributed by atoms with Crippen molar-refractivity contribution < 1.29 is 4.74 Å². The number of likely N-dealkylation sites (N-methyl/N-ethyl adjacent to an activating group) is 1. The maximum Gasteiger partial charge on any atom is 0.0601 e. The highest BCUT2D eigenvalue weighted by Gasteiger charge is 2.47. The van der Waals surface area contributed by atoms with Crippen molar-refractivity contribution in [2.24, 2.45) is 0 Å². The van der Waals surface area contributed by atoms with E-state index < -0.39 is 0 Å². The molecule has 3 rings (SSSR count). The first-order valence-corrected chi connectivity index (χ1v) is 6.77. The van der Waals surface area contributed by atoms with E-state index in [1.807, 2.05) is 0 Å². The van der Waals surface area contributed by atoms with Crippen molar-refractivity contribution in [1.82, 2.24) is 10.2 Å². The number of nitrogens with one attached hydrogen (secondary N) is 1. The van der Waals surface area contributed by atoms with E-state index in [0.29, 0.717) is 6.04 Å². The molecule has 18 heavy (non-hydrogen) atoms. The van der Waals surface area contributed by atoms with Crippen LogP contribution < -0.4 is 5.32 Å². The molecule has 0 saturated carbocycles. The van der Waals surface area contributed by atoms with E-state index in [1.165, 1.54) is 11.1 Å². The second-order valence-corrected chi connectivity index (χ2v) is 5.79. The van der Waals surface area contributed by atoms with Gasteiger partial charge in [0, 0.05) is 25.7 Å². The van der Waals surface area contributed by atoms with E-state index in [-0.39, 0.29) is 5.41 Å². The molecular formula is C15H22N2O. The first-order chi connectivity index (χ1) is 8.71. The highest BCUT2D eigenvalue weighted by molar-refractivity contribution is 5.34. The van der Waals surface area contributed by atoms with Crippen LogP contribution in [0.4, 0.5) is 0 Å². The van der Waals surface area contributed by atoms with Crippen LogP contribution in [0.5, 0.6) is 0 Å². The van der Waals surface area contributed by atoms with E-state index in [1.54, 1.807) is 0 Å².